The molecule has 0 radical (unpaired) electrons. The van der Waals surface area contributed by atoms with Crippen molar-refractivity contribution in [2.24, 2.45) is 5.18 Å². The van der Waals surface area contributed by atoms with Crippen molar-refractivity contribution < 1.29 is 0 Å². The Morgan fingerprint density at radius 2 is 2.50 bits per heavy atom. The first-order valence-corrected chi connectivity index (χ1v) is 2.56. The van der Waals surface area contributed by atoms with Crippen LogP contribution in [0.3, 0.4) is 0 Å². The molecule has 0 aliphatic heterocycles. The molecule has 10 heavy (non-hydrogen) atoms. The first-order valence-electron chi connectivity index (χ1n) is 2.56. The summed E-state index contributed by atoms with van der Waals surface area (Å²) in [6.07, 6.45) is 1.37. The number of hydrogen-bond acceptors (Lipinski definition) is 4. The summed E-state index contributed by atoms with van der Waals surface area (Å²) in [6, 6.07) is 4.56. The van der Waals surface area contributed by atoms with Crippen LogP contribution in [0.5, 0.6) is 0 Å². The summed E-state index contributed by atoms with van der Waals surface area (Å²) >= 11 is 0. The fourth-order valence-corrected chi connectivity index (χ4v) is 0.537. The predicted octanol–water partition coefficient (Wildman–Crippen LogP) is 1.35. The third kappa shape index (κ3) is 1.14. The molecule has 0 N–H and O–H groups in total. The Kier molecular flexibility index (Phi) is 1.71. The van der Waals surface area contributed by atoms with Gasteiger partial charge in [-0.25, -0.2) is 4.98 Å². The molecule has 0 aliphatic rings. The van der Waals surface area contributed by atoms with E-state index >= 15 is 0 Å². The van der Waals surface area contributed by atoms with Crippen molar-refractivity contribution in [3.05, 3.63) is 28.9 Å². The highest BCUT2D eigenvalue weighted by Crippen LogP contribution is 2.09. The molecule has 4 nitrogen and oxygen atoms in total. The van der Waals surface area contributed by atoms with E-state index in [4.69, 9.17) is 5.26 Å². The fraction of sp³-hybridized carbons (Fsp3) is 0. The Hall–Kier alpha value is -1.76. The molecule has 1 aromatic heterocycles. The number of rotatable bonds is 1. The maximum atomic E-state index is 9.89. The van der Waals surface area contributed by atoms with Crippen LogP contribution in [0.2, 0.25) is 0 Å². The minimum absolute atomic E-state index is 0.206. The molecule has 0 spiro atoms. The Labute approximate surface area is 57.1 Å². The van der Waals surface area contributed by atoms with Gasteiger partial charge in [-0.05, 0) is 11.2 Å². The predicted molar refractivity (Wildman–Crippen MR) is 34.4 cm³/mol. The van der Waals surface area contributed by atoms with Crippen LogP contribution in [-0.4, -0.2) is 4.98 Å². The van der Waals surface area contributed by atoms with Crippen molar-refractivity contribution in [2.75, 3.05) is 0 Å². The summed E-state index contributed by atoms with van der Waals surface area (Å²) in [6.45, 7) is 0. The maximum absolute atomic E-state index is 9.89. The first-order chi connectivity index (χ1) is 4.86. The standard InChI is InChI=1S/C6H3N3O/c7-4-6-3-5(9-10)1-2-8-6/h1-3H. The highest BCUT2D eigenvalue weighted by molar-refractivity contribution is 5.39. The lowest BCUT2D eigenvalue weighted by atomic mass is 10.3. The number of aromatic nitrogens is 1. The molecule has 0 fully saturated rings. The van der Waals surface area contributed by atoms with Gasteiger partial charge in [0.05, 0.1) is 0 Å². The van der Waals surface area contributed by atoms with Crippen LogP contribution in [0.25, 0.3) is 0 Å². The normalized spacial score (nSPS) is 8.30. The smallest absolute Gasteiger partial charge is 0.142 e. The van der Waals surface area contributed by atoms with Crippen molar-refractivity contribution in [1.29, 1.82) is 5.26 Å². The molecular formula is C6H3N3O. The zero-order valence-electron chi connectivity index (χ0n) is 4.98. The Morgan fingerprint density at radius 1 is 1.70 bits per heavy atom. The molecule has 0 aliphatic carbocycles. The molecule has 0 aromatic carbocycles. The Morgan fingerprint density at radius 3 is 3.10 bits per heavy atom. The third-order valence-corrected chi connectivity index (χ3v) is 0.963. The van der Waals surface area contributed by atoms with E-state index in [1.165, 1.54) is 18.3 Å². The van der Waals surface area contributed by atoms with Crippen molar-refractivity contribution in [3.8, 4) is 6.07 Å². The molecule has 0 atom stereocenters. The van der Waals surface area contributed by atoms with Crippen LogP contribution in [-0.2, 0) is 0 Å². The van der Waals surface area contributed by atoms with Gasteiger partial charge in [0.25, 0.3) is 0 Å². The number of nitriles is 1. The molecule has 0 amide bonds. The summed E-state index contributed by atoms with van der Waals surface area (Å²) in [5.74, 6) is 0. The van der Waals surface area contributed by atoms with E-state index in [0.29, 0.717) is 0 Å². The molecule has 0 saturated heterocycles. The number of pyridine rings is 1. The minimum Gasteiger partial charge on any atom is -0.245 e. The van der Waals surface area contributed by atoms with E-state index in [1.54, 1.807) is 6.07 Å². The zero-order valence-corrected chi connectivity index (χ0v) is 4.98. The topological polar surface area (TPSA) is 66.1 Å². The Bertz CT molecular complexity index is 289. The molecule has 0 unspecified atom stereocenters. The summed E-state index contributed by atoms with van der Waals surface area (Å²) < 4.78 is 0. The summed E-state index contributed by atoms with van der Waals surface area (Å²) in [7, 11) is 0. The SMILES string of the molecule is N#Cc1cc(N=O)ccn1. The van der Waals surface area contributed by atoms with E-state index in [0.717, 1.165) is 0 Å². The molecular weight excluding hydrogens is 130 g/mol. The first kappa shape index (κ1) is 6.36. The number of hydrogen-bond donors (Lipinski definition) is 0. The van der Waals surface area contributed by atoms with E-state index in [-0.39, 0.29) is 11.4 Å². The fourth-order valence-electron chi connectivity index (χ4n) is 0.537. The lowest BCUT2D eigenvalue weighted by molar-refractivity contribution is 1.25. The van der Waals surface area contributed by atoms with E-state index in [9.17, 15) is 4.91 Å². The van der Waals surface area contributed by atoms with Gasteiger partial charge < -0.3 is 0 Å². The van der Waals surface area contributed by atoms with Crippen LogP contribution in [0.4, 0.5) is 5.69 Å². The van der Waals surface area contributed by atoms with Gasteiger partial charge in [0.2, 0.25) is 0 Å². The molecule has 48 valence electrons. The van der Waals surface area contributed by atoms with E-state index in [1.807, 2.05) is 0 Å². The highest BCUT2D eigenvalue weighted by atomic mass is 16.3. The van der Waals surface area contributed by atoms with Gasteiger partial charge in [-0.15, -0.1) is 4.91 Å². The monoisotopic (exact) mass is 133 g/mol. The second kappa shape index (κ2) is 2.69. The third-order valence-electron chi connectivity index (χ3n) is 0.963. The maximum Gasteiger partial charge on any atom is 0.142 e. The van der Waals surface area contributed by atoms with Crippen LogP contribution >= 0.6 is 0 Å². The lowest BCUT2D eigenvalue weighted by Gasteiger charge is -1.86. The van der Waals surface area contributed by atoms with E-state index < -0.39 is 0 Å². The van der Waals surface area contributed by atoms with Crippen LogP contribution < -0.4 is 0 Å². The van der Waals surface area contributed by atoms with Crippen LogP contribution in [0.1, 0.15) is 5.69 Å². The summed E-state index contributed by atoms with van der Waals surface area (Å²) in [5, 5.41) is 10.9. The van der Waals surface area contributed by atoms with E-state index in [2.05, 4.69) is 10.2 Å². The summed E-state index contributed by atoms with van der Waals surface area (Å²) in [4.78, 5) is 13.5. The second-order valence-electron chi connectivity index (χ2n) is 1.60. The summed E-state index contributed by atoms with van der Waals surface area (Å²) in [5.41, 5.74) is 0.434. The largest absolute Gasteiger partial charge is 0.245 e. The van der Waals surface area contributed by atoms with Gasteiger partial charge in [0.1, 0.15) is 17.5 Å². The van der Waals surface area contributed by atoms with Crippen molar-refractivity contribution in [1.82, 2.24) is 4.98 Å². The lowest BCUT2D eigenvalue weighted by Crippen LogP contribution is -1.77. The van der Waals surface area contributed by atoms with Crippen molar-refractivity contribution in [2.45, 2.75) is 0 Å². The van der Waals surface area contributed by atoms with Gasteiger partial charge in [-0.3, -0.25) is 0 Å². The second-order valence-corrected chi connectivity index (χ2v) is 1.60. The average Bonchev–Trinajstić information content (AvgIpc) is 2.05. The number of nitrogens with zero attached hydrogens (tertiary/aromatic N) is 3. The van der Waals surface area contributed by atoms with Crippen LogP contribution in [0.15, 0.2) is 23.5 Å². The zero-order chi connectivity index (χ0) is 7.40. The van der Waals surface area contributed by atoms with Crippen molar-refractivity contribution in [3.63, 3.8) is 0 Å². The highest BCUT2D eigenvalue weighted by Gasteiger charge is 1.92. The van der Waals surface area contributed by atoms with Crippen LogP contribution in [0, 0.1) is 16.2 Å². The molecule has 4 heteroatoms. The van der Waals surface area contributed by atoms with Crippen molar-refractivity contribution >= 4 is 5.69 Å². The van der Waals surface area contributed by atoms with Gasteiger partial charge in [0, 0.05) is 12.3 Å². The molecule has 0 saturated carbocycles. The number of nitroso groups, excluding NO2 is 1. The minimum atomic E-state index is 0.206. The molecule has 0 bridgehead atoms. The Balaban J connectivity index is 3.13. The molecule has 1 heterocycles. The van der Waals surface area contributed by atoms with Gasteiger partial charge in [-0.2, -0.15) is 5.26 Å². The quantitative estimate of drug-likeness (QED) is 0.543. The van der Waals surface area contributed by atoms with Gasteiger partial charge in [-0.1, -0.05) is 0 Å². The molecule has 1 rings (SSSR count). The molecule has 1 aromatic rings. The van der Waals surface area contributed by atoms with Gasteiger partial charge in [0.15, 0.2) is 0 Å². The van der Waals surface area contributed by atoms with Gasteiger partial charge >= 0.3 is 0 Å². The average molecular weight is 133 g/mol.